The van der Waals surface area contributed by atoms with Gasteiger partial charge in [0.15, 0.2) is 0 Å². The molecule has 2 heterocycles. The second-order valence-corrected chi connectivity index (χ2v) is 10.6. The van der Waals surface area contributed by atoms with Gasteiger partial charge in [-0.2, -0.15) is 0 Å². The number of aromatic amines is 1. The Kier molecular flexibility index (Phi) is 8.81. The lowest BCUT2D eigenvalue weighted by Gasteiger charge is -2.21. The molecule has 2 amide bonds. The molecule has 1 aliphatic heterocycles. The first kappa shape index (κ1) is 27.5. The quantitative estimate of drug-likeness (QED) is 0.248. The summed E-state index contributed by atoms with van der Waals surface area (Å²) in [4.78, 5) is 33.0. The molecule has 0 saturated carbocycles. The Balaban J connectivity index is 1.44. The molecule has 1 unspecified atom stereocenters. The molecule has 5 rings (SSSR count). The molecule has 0 bridgehead atoms. The second-order valence-electron chi connectivity index (χ2n) is 10.6. The van der Waals surface area contributed by atoms with E-state index in [2.05, 4.69) is 45.5 Å². The van der Waals surface area contributed by atoms with Gasteiger partial charge in [-0.3, -0.25) is 9.59 Å². The van der Waals surface area contributed by atoms with Crippen LogP contribution in [0.2, 0.25) is 0 Å². The number of hydrogen-bond acceptors (Lipinski definition) is 4. The predicted molar refractivity (Wildman–Crippen MR) is 159 cm³/mol. The molecular weight excluding hydrogens is 500 g/mol. The maximum atomic E-state index is 13.6. The number of nitrogens with one attached hydrogen (secondary N) is 2. The van der Waals surface area contributed by atoms with Crippen molar-refractivity contribution in [2.75, 3.05) is 46.9 Å². The predicted octanol–water partition coefficient (Wildman–Crippen LogP) is 5.03. The molecule has 208 valence electrons. The maximum absolute atomic E-state index is 13.6. The summed E-state index contributed by atoms with van der Waals surface area (Å²) in [6.45, 7) is 3.46. The largest absolute Gasteiger partial charge is 0.492 e. The van der Waals surface area contributed by atoms with Crippen LogP contribution in [-0.2, 0) is 4.79 Å². The summed E-state index contributed by atoms with van der Waals surface area (Å²) in [6.07, 6.45) is 2.28. The summed E-state index contributed by atoms with van der Waals surface area (Å²) in [5.41, 5.74) is 4.64. The Morgan fingerprint density at radius 3 is 2.45 bits per heavy atom. The fourth-order valence-electron chi connectivity index (χ4n) is 5.42. The number of benzene rings is 3. The summed E-state index contributed by atoms with van der Waals surface area (Å²) in [6, 6.07) is 26.6. The van der Waals surface area contributed by atoms with Crippen molar-refractivity contribution < 1.29 is 14.3 Å². The highest BCUT2D eigenvalue weighted by Gasteiger charge is 2.27. The van der Waals surface area contributed by atoms with Gasteiger partial charge < -0.3 is 24.8 Å². The maximum Gasteiger partial charge on any atom is 0.268 e. The van der Waals surface area contributed by atoms with Crippen molar-refractivity contribution >= 4 is 22.7 Å². The number of likely N-dealkylation sites (tertiary alicyclic amines) is 1. The van der Waals surface area contributed by atoms with Crippen molar-refractivity contribution in [2.24, 2.45) is 0 Å². The molecule has 0 radical (unpaired) electrons. The monoisotopic (exact) mass is 538 g/mol. The third-order valence-electron chi connectivity index (χ3n) is 7.48. The number of carbonyl (C=O) groups is 2. The number of ether oxygens (including phenoxy) is 1. The van der Waals surface area contributed by atoms with Crippen molar-refractivity contribution in [2.45, 2.75) is 25.2 Å². The number of para-hydroxylation sites is 1. The highest BCUT2D eigenvalue weighted by molar-refractivity contribution is 6.02. The summed E-state index contributed by atoms with van der Waals surface area (Å²) in [7, 11) is 4.06. The smallest absolute Gasteiger partial charge is 0.268 e. The van der Waals surface area contributed by atoms with Crippen LogP contribution in [-0.4, -0.2) is 73.5 Å². The first-order valence-electron chi connectivity index (χ1n) is 14.1. The van der Waals surface area contributed by atoms with Gasteiger partial charge >= 0.3 is 0 Å². The molecule has 2 N–H and O–H groups in total. The van der Waals surface area contributed by atoms with Crippen LogP contribution in [0.3, 0.4) is 0 Å². The lowest BCUT2D eigenvalue weighted by atomic mass is 9.83. The average molecular weight is 539 g/mol. The van der Waals surface area contributed by atoms with Gasteiger partial charge in [0, 0.05) is 55.0 Å². The van der Waals surface area contributed by atoms with Crippen LogP contribution in [0.15, 0.2) is 78.9 Å². The van der Waals surface area contributed by atoms with Crippen LogP contribution >= 0.6 is 0 Å². The van der Waals surface area contributed by atoms with Crippen LogP contribution in [0.25, 0.3) is 10.9 Å². The first-order chi connectivity index (χ1) is 19.5. The molecule has 3 aromatic carbocycles. The number of likely N-dealkylation sites (N-methyl/N-ethyl adjacent to an activating group) is 1. The van der Waals surface area contributed by atoms with Gasteiger partial charge in [-0.05, 0) is 56.3 Å². The van der Waals surface area contributed by atoms with E-state index in [1.807, 2.05) is 67.5 Å². The standard InChI is InChI=1S/C33H38N4O3/c1-36(2)22-23-40-26-17-15-25(16-18-26)30(24-10-4-3-5-11-24)31-27-12-6-7-13-28(27)35-32(31)33(39)34-19-9-21-37-20-8-14-29(37)38/h3-7,10-13,15-18,30,35H,8-9,14,19-23H2,1-2H3,(H,34,39). The van der Waals surface area contributed by atoms with Crippen molar-refractivity contribution in [3.63, 3.8) is 0 Å². The Bertz CT molecular complexity index is 1430. The summed E-state index contributed by atoms with van der Waals surface area (Å²) in [5, 5.41) is 4.13. The van der Waals surface area contributed by atoms with E-state index in [1.54, 1.807) is 0 Å². The fraction of sp³-hybridized carbons (Fsp3) is 0.333. The fourth-order valence-corrected chi connectivity index (χ4v) is 5.42. The third kappa shape index (κ3) is 6.37. The second kappa shape index (κ2) is 12.8. The van der Waals surface area contributed by atoms with Crippen molar-refractivity contribution in [1.82, 2.24) is 20.1 Å². The van der Waals surface area contributed by atoms with Crippen LogP contribution in [0.1, 0.15) is 52.4 Å². The van der Waals surface area contributed by atoms with E-state index in [1.165, 1.54) is 0 Å². The van der Waals surface area contributed by atoms with Gasteiger partial charge in [0.05, 0.1) is 0 Å². The van der Waals surface area contributed by atoms with Gasteiger partial charge in [0.1, 0.15) is 18.1 Å². The number of amides is 2. The van der Waals surface area contributed by atoms with Crippen LogP contribution < -0.4 is 10.1 Å². The van der Waals surface area contributed by atoms with E-state index in [9.17, 15) is 9.59 Å². The van der Waals surface area contributed by atoms with Gasteiger partial charge in [-0.15, -0.1) is 0 Å². The lowest BCUT2D eigenvalue weighted by molar-refractivity contribution is -0.127. The molecule has 1 saturated heterocycles. The molecule has 0 spiro atoms. The molecule has 1 atom stereocenters. The van der Waals surface area contributed by atoms with Gasteiger partial charge in [0.2, 0.25) is 5.91 Å². The topological polar surface area (TPSA) is 77.7 Å². The normalized spacial score (nSPS) is 14.2. The number of carbonyl (C=O) groups excluding carboxylic acids is 2. The molecule has 4 aromatic rings. The average Bonchev–Trinajstić information content (AvgIpc) is 3.56. The molecule has 1 aliphatic rings. The van der Waals surface area contributed by atoms with E-state index in [-0.39, 0.29) is 17.7 Å². The zero-order valence-corrected chi connectivity index (χ0v) is 23.4. The summed E-state index contributed by atoms with van der Waals surface area (Å²) in [5.74, 6) is 0.745. The lowest BCUT2D eigenvalue weighted by Crippen LogP contribution is -2.31. The minimum atomic E-state index is -0.156. The Labute approximate surface area is 236 Å². The van der Waals surface area contributed by atoms with E-state index in [4.69, 9.17) is 4.74 Å². The minimum Gasteiger partial charge on any atom is -0.492 e. The van der Waals surface area contributed by atoms with Crippen molar-refractivity contribution in [1.29, 1.82) is 0 Å². The van der Waals surface area contributed by atoms with E-state index < -0.39 is 0 Å². The number of rotatable bonds is 12. The molecular formula is C33H38N4O3. The van der Waals surface area contributed by atoms with Gasteiger partial charge in [-0.1, -0.05) is 60.7 Å². The Hall–Kier alpha value is -4.10. The molecule has 40 heavy (non-hydrogen) atoms. The summed E-state index contributed by atoms with van der Waals surface area (Å²) >= 11 is 0. The summed E-state index contributed by atoms with van der Waals surface area (Å²) < 4.78 is 5.94. The van der Waals surface area contributed by atoms with Crippen LogP contribution in [0, 0.1) is 0 Å². The van der Waals surface area contributed by atoms with Crippen LogP contribution in [0.5, 0.6) is 5.75 Å². The molecule has 0 aliphatic carbocycles. The van der Waals surface area contributed by atoms with E-state index in [0.717, 1.165) is 59.3 Å². The zero-order valence-electron chi connectivity index (χ0n) is 23.4. The number of H-pyrrole nitrogens is 1. The number of fused-ring (bicyclic) bond motifs is 1. The first-order valence-corrected chi connectivity index (χ1v) is 14.1. The highest BCUT2D eigenvalue weighted by Crippen LogP contribution is 2.39. The number of nitrogens with zero attached hydrogens (tertiary/aromatic N) is 2. The van der Waals surface area contributed by atoms with E-state index in [0.29, 0.717) is 31.8 Å². The van der Waals surface area contributed by atoms with Crippen molar-refractivity contribution in [3.8, 4) is 5.75 Å². The van der Waals surface area contributed by atoms with Gasteiger partial charge in [0.25, 0.3) is 5.91 Å². The number of aromatic nitrogens is 1. The third-order valence-corrected chi connectivity index (χ3v) is 7.48. The zero-order chi connectivity index (χ0) is 27.9. The Morgan fingerprint density at radius 2 is 1.73 bits per heavy atom. The van der Waals surface area contributed by atoms with Gasteiger partial charge in [-0.25, -0.2) is 0 Å². The number of hydrogen-bond donors (Lipinski definition) is 2. The SMILES string of the molecule is CN(C)CCOc1ccc(C(c2ccccc2)c2c(C(=O)NCCCN3CCCC3=O)[nH]c3ccccc23)cc1. The van der Waals surface area contributed by atoms with E-state index >= 15 is 0 Å². The molecule has 7 heteroatoms. The molecule has 1 aromatic heterocycles. The van der Waals surface area contributed by atoms with Crippen molar-refractivity contribution in [3.05, 3.63) is 101 Å². The molecule has 1 fully saturated rings. The highest BCUT2D eigenvalue weighted by atomic mass is 16.5. The van der Waals surface area contributed by atoms with Crippen LogP contribution in [0.4, 0.5) is 0 Å². The Morgan fingerprint density at radius 1 is 1.00 bits per heavy atom. The molecule has 7 nitrogen and oxygen atoms in total. The minimum absolute atomic E-state index is 0.136.